The number of halogens is 1. The van der Waals surface area contributed by atoms with Crippen LogP contribution in [0.2, 0.25) is 0 Å². The maximum absolute atomic E-state index is 12.9. The summed E-state index contributed by atoms with van der Waals surface area (Å²) < 4.78 is 12.9. The third-order valence-electron chi connectivity index (χ3n) is 2.73. The average Bonchev–Trinajstić information content (AvgIpc) is 2.33. The predicted octanol–water partition coefficient (Wildman–Crippen LogP) is 1.47. The number of hydrazone groups is 1. The van der Waals surface area contributed by atoms with Crippen LogP contribution < -0.4 is 5.43 Å². The monoisotopic (exact) mass is 156 g/mol. The summed E-state index contributed by atoms with van der Waals surface area (Å²) in [6.07, 6.45) is 1.72. The van der Waals surface area contributed by atoms with Gasteiger partial charge in [0.05, 0.1) is 6.04 Å². The number of alkyl halides is 1. The van der Waals surface area contributed by atoms with E-state index in [0.717, 1.165) is 12.1 Å². The highest BCUT2D eigenvalue weighted by molar-refractivity contribution is 5.86. The quantitative estimate of drug-likeness (QED) is 0.564. The lowest BCUT2D eigenvalue weighted by Crippen LogP contribution is -2.35. The van der Waals surface area contributed by atoms with Crippen LogP contribution in [-0.4, -0.2) is 17.9 Å². The van der Waals surface area contributed by atoms with Crippen LogP contribution in [0.3, 0.4) is 0 Å². The first-order chi connectivity index (χ1) is 5.27. The SMILES string of the molecule is CC1=NNC2CCC(F)CC12. The summed E-state index contributed by atoms with van der Waals surface area (Å²) in [6.45, 7) is 1.98. The molecule has 1 saturated carbocycles. The van der Waals surface area contributed by atoms with Crippen molar-refractivity contribution >= 4 is 5.71 Å². The van der Waals surface area contributed by atoms with Crippen LogP contribution in [-0.2, 0) is 0 Å². The Bertz CT molecular complexity index is 191. The smallest absolute Gasteiger partial charge is 0.101 e. The maximum atomic E-state index is 12.9. The molecule has 1 aliphatic heterocycles. The molecule has 1 aliphatic carbocycles. The van der Waals surface area contributed by atoms with Crippen molar-refractivity contribution in [3.8, 4) is 0 Å². The first-order valence-electron chi connectivity index (χ1n) is 4.21. The van der Waals surface area contributed by atoms with Crippen molar-refractivity contribution in [2.24, 2.45) is 11.0 Å². The summed E-state index contributed by atoms with van der Waals surface area (Å²) in [6, 6.07) is 0.432. The van der Waals surface area contributed by atoms with Crippen molar-refractivity contribution in [2.75, 3.05) is 0 Å². The molecular formula is C8H13FN2. The fourth-order valence-corrected chi connectivity index (χ4v) is 2.00. The van der Waals surface area contributed by atoms with Gasteiger partial charge in [-0.2, -0.15) is 5.10 Å². The largest absolute Gasteiger partial charge is 0.306 e. The van der Waals surface area contributed by atoms with Crippen molar-refractivity contribution in [3.05, 3.63) is 0 Å². The molecule has 0 aromatic heterocycles. The Hall–Kier alpha value is -0.600. The lowest BCUT2D eigenvalue weighted by atomic mass is 9.82. The Kier molecular flexibility index (Phi) is 1.59. The minimum Gasteiger partial charge on any atom is -0.306 e. The second-order valence-corrected chi connectivity index (χ2v) is 3.51. The molecule has 2 aliphatic rings. The summed E-state index contributed by atoms with van der Waals surface area (Å²) in [7, 11) is 0. The van der Waals surface area contributed by atoms with Crippen LogP contribution in [0.5, 0.6) is 0 Å². The number of hydrogen-bond donors (Lipinski definition) is 1. The zero-order valence-electron chi connectivity index (χ0n) is 6.68. The van der Waals surface area contributed by atoms with E-state index in [1.54, 1.807) is 0 Å². The van der Waals surface area contributed by atoms with Crippen LogP contribution in [0.15, 0.2) is 5.10 Å². The molecule has 1 fully saturated rings. The van der Waals surface area contributed by atoms with Gasteiger partial charge in [-0.05, 0) is 26.2 Å². The van der Waals surface area contributed by atoms with E-state index in [0.29, 0.717) is 24.8 Å². The van der Waals surface area contributed by atoms with Crippen molar-refractivity contribution in [1.82, 2.24) is 5.43 Å². The van der Waals surface area contributed by atoms with Crippen LogP contribution in [0.25, 0.3) is 0 Å². The highest BCUT2D eigenvalue weighted by atomic mass is 19.1. The summed E-state index contributed by atoms with van der Waals surface area (Å²) in [5, 5.41) is 4.12. The fourth-order valence-electron chi connectivity index (χ4n) is 2.00. The molecule has 3 atom stereocenters. The molecule has 62 valence electrons. The molecule has 11 heavy (non-hydrogen) atoms. The molecule has 0 bridgehead atoms. The van der Waals surface area contributed by atoms with Crippen molar-refractivity contribution in [1.29, 1.82) is 0 Å². The fraction of sp³-hybridized carbons (Fsp3) is 0.875. The molecule has 0 radical (unpaired) electrons. The Balaban J connectivity index is 2.07. The van der Waals surface area contributed by atoms with Gasteiger partial charge in [0, 0.05) is 11.6 Å². The van der Waals surface area contributed by atoms with Crippen LogP contribution in [0.4, 0.5) is 4.39 Å². The Morgan fingerprint density at radius 3 is 3.18 bits per heavy atom. The molecule has 0 saturated heterocycles. The first-order valence-corrected chi connectivity index (χ1v) is 4.21. The number of fused-ring (bicyclic) bond motifs is 1. The Labute approximate surface area is 65.9 Å². The van der Waals surface area contributed by atoms with E-state index >= 15 is 0 Å². The van der Waals surface area contributed by atoms with E-state index in [-0.39, 0.29) is 0 Å². The van der Waals surface area contributed by atoms with Crippen LogP contribution in [0.1, 0.15) is 26.2 Å². The van der Waals surface area contributed by atoms with Gasteiger partial charge in [-0.3, -0.25) is 0 Å². The molecule has 3 heteroatoms. The number of hydrogen-bond acceptors (Lipinski definition) is 2. The number of nitrogens with one attached hydrogen (secondary N) is 1. The van der Waals surface area contributed by atoms with E-state index in [9.17, 15) is 4.39 Å². The molecule has 0 amide bonds. The molecule has 3 unspecified atom stereocenters. The van der Waals surface area contributed by atoms with Gasteiger partial charge in [-0.15, -0.1) is 0 Å². The van der Waals surface area contributed by atoms with Gasteiger partial charge in [0.15, 0.2) is 0 Å². The average molecular weight is 156 g/mol. The second-order valence-electron chi connectivity index (χ2n) is 3.51. The number of nitrogens with zero attached hydrogens (tertiary/aromatic N) is 1. The molecule has 0 aromatic rings. The predicted molar refractivity (Wildman–Crippen MR) is 42.3 cm³/mol. The van der Waals surface area contributed by atoms with E-state index in [1.165, 1.54) is 0 Å². The summed E-state index contributed by atoms with van der Waals surface area (Å²) in [5.74, 6) is 0.374. The zero-order chi connectivity index (χ0) is 7.84. The van der Waals surface area contributed by atoms with Crippen LogP contribution in [0, 0.1) is 5.92 Å². The lowest BCUT2D eigenvalue weighted by Gasteiger charge is -2.27. The summed E-state index contributed by atoms with van der Waals surface area (Å²) >= 11 is 0. The van der Waals surface area contributed by atoms with Crippen molar-refractivity contribution < 1.29 is 4.39 Å². The lowest BCUT2D eigenvalue weighted by molar-refractivity contribution is 0.203. The van der Waals surface area contributed by atoms with Gasteiger partial charge in [-0.25, -0.2) is 4.39 Å². The van der Waals surface area contributed by atoms with E-state index < -0.39 is 6.17 Å². The topological polar surface area (TPSA) is 24.4 Å². The van der Waals surface area contributed by atoms with Gasteiger partial charge < -0.3 is 5.43 Å². The second kappa shape index (κ2) is 2.47. The first kappa shape index (κ1) is 7.07. The number of rotatable bonds is 0. The molecule has 0 aromatic carbocycles. The summed E-state index contributed by atoms with van der Waals surface area (Å²) in [5.41, 5.74) is 4.13. The van der Waals surface area contributed by atoms with Gasteiger partial charge in [0.1, 0.15) is 6.17 Å². The molecule has 2 rings (SSSR count). The minimum absolute atomic E-state index is 0.374. The Morgan fingerprint density at radius 2 is 2.36 bits per heavy atom. The third kappa shape index (κ3) is 1.12. The molecule has 0 spiro atoms. The Morgan fingerprint density at radius 1 is 1.55 bits per heavy atom. The zero-order valence-corrected chi connectivity index (χ0v) is 6.68. The molecule has 1 heterocycles. The molecular weight excluding hydrogens is 143 g/mol. The maximum Gasteiger partial charge on any atom is 0.101 e. The van der Waals surface area contributed by atoms with E-state index in [4.69, 9.17) is 0 Å². The standard InChI is InChI=1S/C8H13FN2/c1-5-7-4-6(9)2-3-8(7)11-10-5/h6-8,11H,2-4H2,1H3. The van der Waals surface area contributed by atoms with Gasteiger partial charge in [-0.1, -0.05) is 0 Å². The minimum atomic E-state index is -0.596. The van der Waals surface area contributed by atoms with E-state index in [2.05, 4.69) is 10.5 Å². The highest BCUT2D eigenvalue weighted by Gasteiger charge is 2.35. The third-order valence-corrected chi connectivity index (χ3v) is 2.73. The highest BCUT2D eigenvalue weighted by Crippen LogP contribution is 2.30. The van der Waals surface area contributed by atoms with Gasteiger partial charge in [0.25, 0.3) is 0 Å². The molecule has 2 nitrogen and oxygen atoms in total. The molecule has 1 N–H and O–H groups in total. The normalized spacial score (nSPS) is 42.7. The van der Waals surface area contributed by atoms with Crippen LogP contribution >= 0.6 is 0 Å². The van der Waals surface area contributed by atoms with Crippen molar-refractivity contribution in [2.45, 2.75) is 38.4 Å². The van der Waals surface area contributed by atoms with Gasteiger partial charge >= 0.3 is 0 Å². The van der Waals surface area contributed by atoms with E-state index in [1.807, 2.05) is 6.92 Å². The van der Waals surface area contributed by atoms with Gasteiger partial charge in [0.2, 0.25) is 0 Å². The summed E-state index contributed by atoms with van der Waals surface area (Å²) in [4.78, 5) is 0. The van der Waals surface area contributed by atoms with Crippen molar-refractivity contribution in [3.63, 3.8) is 0 Å².